The maximum Gasteiger partial charge on any atom is 0.200 e. The fraction of sp³-hybridized carbons (Fsp3) is 0.667. The predicted molar refractivity (Wildman–Crippen MR) is 161 cm³/mol. The van der Waals surface area contributed by atoms with Crippen molar-refractivity contribution in [3.63, 3.8) is 0 Å². The molecule has 1 saturated carbocycles. The standard InChI is InChI=1S/C36H50F4O2/c1-2-3-21-41-22-11-12-23-42-32-25-29-18-17-28(24-31(29)35(39)36(32)40)30-20-19-27(33(37)34(30)38)14-10-8-6-4-5-7-9-13-26-15-16-26/h19-20,25-26,28H,2-18,21-24H2,1H3. The Balaban J connectivity index is 1.23. The second-order valence-electron chi connectivity index (χ2n) is 12.5. The summed E-state index contributed by atoms with van der Waals surface area (Å²) in [5, 5.41) is 0. The summed E-state index contributed by atoms with van der Waals surface area (Å²) in [6.45, 7) is 3.76. The molecule has 0 aliphatic heterocycles. The molecule has 0 heterocycles. The molecule has 2 aliphatic carbocycles. The molecular formula is C36H50F4O2. The summed E-state index contributed by atoms with van der Waals surface area (Å²) >= 11 is 0. The van der Waals surface area contributed by atoms with Crippen molar-refractivity contribution in [2.45, 2.75) is 128 Å². The molecule has 2 aromatic rings. The molecule has 2 nitrogen and oxygen atoms in total. The first-order valence-corrected chi connectivity index (χ1v) is 16.7. The van der Waals surface area contributed by atoms with Crippen LogP contribution in [0.2, 0.25) is 0 Å². The predicted octanol–water partition coefficient (Wildman–Crippen LogP) is 10.6. The number of ether oxygens (including phenoxy) is 2. The second-order valence-corrected chi connectivity index (χ2v) is 12.5. The van der Waals surface area contributed by atoms with E-state index in [0.717, 1.165) is 51.0 Å². The number of unbranched alkanes of at least 4 members (excludes halogenated alkanes) is 8. The first-order chi connectivity index (χ1) is 20.5. The van der Waals surface area contributed by atoms with Crippen molar-refractivity contribution < 1.29 is 27.0 Å². The van der Waals surface area contributed by atoms with E-state index in [1.165, 1.54) is 44.9 Å². The van der Waals surface area contributed by atoms with Crippen LogP contribution in [0.1, 0.15) is 131 Å². The molecule has 2 aliphatic rings. The van der Waals surface area contributed by atoms with Crippen LogP contribution in [0.25, 0.3) is 0 Å². The topological polar surface area (TPSA) is 18.5 Å². The Morgan fingerprint density at radius 1 is 0.714 bits per heavy atom. The van der Waals surface area contributed by atoms with E-state index in [9.17, 15) is 4.39 Å². The fourth-order valence-corrected chi connectivity index (χ4v) is 6.17. The van der Waals surface area contributed by atoms with Crippen LogP contribution in [0, 0.1) is 29.2 Å². The van der Waals surface area contributed by atoms with Crippen LogP contribution in [0.15, 0.2) is 18.2 Å². The molecule has 0 amide bonds. The Morgan fingerprint density at radius 2 is 1.43 bits per heavy atom. The minimum atomic E-state index is -1.01. The van der Waals surface area contributed by atoms with Crippen LogP contribution in [0.3, 0.4) is 0 Å². The lowest BCUT2D eigenvalue weighted by molar-refractivity contribution is 0.123. The second kappa shape index (κ2) is 17.3. The molecule has 1 fully saturated rings. The third kappa shape index (κ3) is 9.72. The Bertz CT molecular complexity index is 1110. The summed E-state index contributed by atoms with van der Waals surface area (Å²) < 4.78 is 71.3. The van der Waals surface area contributed by atoms with E-state index >= 15 is 13.2 Å². The lowest BCUT2D eigenvalue weighted by atomic mass is 9.79. The number of aryl methyl sites for hydroxylation is 2. The highest BCUT2D eigenvalue weighted by Crippen LogP contribution is 2.39. The van der Waals surface area contributed by atoms with E-state index in [0.29, 0.717) is 43.4 Å². The van der Waals surface area contributed by atoms with Gasteiger partial charge in [-0.3, -0.25) is 0 Å². The average molecular weight is 591 g/mol. The first-order valence-electron chi connectivity index (χ1n) is 16.7. The molecule has 0 spiro atoms. The van der Waals surface area contributed by atoms with Gasteiger partial charge in [-0.05, 0) is 91.5 Å². The van der Waals surface area contributed by atoms with Gasteiger partial charge in [0.1, 0.15) is 0 Å². The molecular weight excluding hydrogens is 540 g/mol. The monoisotopic (exact) mass is 590 g/mol. The molecule has 1 atom stereocenters. The van der Waals surface area contributed by atoms with E-state index in [4.69, 9.17) is 9.47 Å². The third-order valence-electron chi connectivity index (χ3n) is 9.05. The molecule has 2 aromatic carbocycles. The minimum absolute atomic E-state index is 0.0771. The minimum Gasteiger partial charge on any atom is -0.490 e. The molecule has 0 N–H and O–H groups in total. The van der Waals surface area contributed by atoms with Crippen molar-refractivity contribution in [2.75, 3.05) is 19.8 Å². The summed E-state index contributed by atoms with van der Waals surface area (Å²) in [6.07, 6.45) is 17.7. The molecule has 6 heteroatoms. The molecule has 234 valence electrons. The van der Waals surface area contributed by atoms with Gasteiger partial charge >= 0.3 is 0 Å². The van der Waals surface area contributed by atoms with Gasteiger partial charge in [-0.25, -0.2) is 13.2 Å². The fourth-order valence-electron chi connectivity index (χ4n) is 6.17. The van der Waals surface area contributed by atoms with Gasteiger partial charge in [0.25, 0.3) is 0 Å². The summed E-state index contributed by atoms with van der Waals surface area (Å²) in [5.74, 6) is -3.02. The molecule has 0 aromatic heterocycles. The van der Waals surface area contributed by atoms with Gasteiger partial charge in [-0.1, -0.05) is 83.3 Å². The maximum atomic E-state index is 15.2. The third-order valence-corrected chi connectivity index (χ3v) is 9.05. The molecule has 4 rings (SSSR count). The van der Waals surface area contributed by atoms with Gasteiger partial charge in [0, 0.05) is 13.2 Å². The summed E-state index contributed by atoms with van der Waals surface area (Å²) in [5.41, 5.74) is 1.60. The first kappa shape index (κ1) is 32.8. The van der Waals surface area contributed by atoms with E-state index in [-0.39, 0.29) is 29.9 Å². The Kier molecular flexibility index (Phi) is 13.5. The van der Waals surface area contributed by atoms with Crippen LogP contribution in [-0.2, 0) is 24.0 Å². The van der Waals surface area contributed by atoms with Crippen molar-refractivity contribution in [3.8, 4) is 5.75 Å². The Labute approximate surface area is 250 Å². The van der Waals surface area contributed by atoms with Crippen molar-refractivity contribution >= 4 is 0 Å². The zero-order valence-electron chi connectivity index (χ0n) is 25.6. The van der Waals surface area contributed by atoms with Crippen LogP contribution < -0.4 is 4.74 Å². The van der Waals surface area contributed by atoms with Crippen molar-refractivity contribution in [1.82, 2.24) is 0 Å². The number of halogens is 4. The van der Waals surface area contributed by atoms with Gasteiger partial charge in [-0.15, -0.1) is 0 Å². The normalized spacial score (nSPS) is 16.5. The Hall–Kier alpha value is -2.08. The molecule has 1 unspecified atom stereocenters. The molecule has 42 heavy (non-hydrogen) atoms. The van der Waals surface area contributed by atoms with Crippen LogP contribution in [-0.4, -0.2) is 19.8 Å². The van der Waals surface area contributed by atoms with Gasteiger partial charge < -0.3 is 9.47 Å². The van der Waals surface area contributed by atoms with Crippen molar-refractivity contribution in [3.05, 3.63) is 63.7 Å². The lowest BCUT2D eigenvalue weighted by Gasteiger charge is -2.27. The number of hydrogen-bond donors (Lipinski definition) is 0. The highest BCUT2D eigenvalue weighted by molar-refractivity contribution is 5.42. The number of benzene rings is 2. The summed E-state index contributed by atoms with van der Waals surface area (Å²) in [4.78, 5) is 0. The largest absolute Gasteiger partial charge is 0.490 e. The number of fused-ring (bicyclic) bond motifs is 1. The van der Waals surface area contributed by atoms with Gasteiger partial charge in [0.2, 0.25) is 5.82 Å². The zero-order chi connectivity index (χ0) is 29.7. The van der Waals surface area contributed by atoms with E-state index < -0.39 is 29.2 Å². The highest BCUT2D eigenvalue weighted by atomic mass is 19.2. The van der Waals surface area contributed by atoms with Crippen LogP contribution in [0.4, 0.5) is 17.6 Å². The zero-order valence-corrected chi connectivity index (χ0v) is 25.6. The van der Waals surface area contributed by atoms with Crippen LogP contribution in [0.5, 0.6) is 5.75 Å². The quantitative estimate of drug-likeness (QED) is 0.113. The van der Waals surface area contributed by atoms with E-state index in [1.54, 1.807) is 18.2 Å². The van der Waals surface area contributed by atoms with E-state index in [2.05, 4.69) is 6.92 Å². The molecule has 0 bridgehead atoms. The van der Waals surface area contributed by atoms with Gasteiger partial charge in [0.05, 0.1) is 6.61 Å². The highest BCUT2D eigenvalue weighted by Gasteiger charge is 2.29. The molecule has 0 saturated heterocycles. The van der Waals surface area contributed by atoms with Gasteiger partial charge in [0.15, 0.2) is 23.2 Å². The maximum absolute atomic E-state index is 15.2. The molecule has 0 radical (unpaired) electrons. The number of hydrogen-bond acceptors (Lipinski definition) is 2. The van der Waals surface area contributed by atoms with E-state index in [1.807, 2.05) is 0 Å². The smallest absolute Gasteiger partial charge is 0.200 e. The summed E-state index contributed by atoms with van der Waals surface area (Å²) in [7, 11) is 0. The van der Waals surface area contributed by atoms with Gasteiger partial charge in [-0.2, -0.15) is 4.39 Å². The van der Waals surface area contributed by atoms with Crippen molar-refractivity contribution in [2.24, 2.45) is 5.92 Å². The summed E-state index contributed by atoms with van der Waals surface area (Å²) in [6, 6.07) is 4.92. The van der Waals surface area contributed by atoms with Crippen molar-refractivity contribution in [1.29, 1.82) is 0 Å². The number of rotatable bonds is 20. The Morgan fingerprint density at radius 3 is 2.19 bits per heavy atom. The van der Waals surface area contributed by atoms with Crippen LogP contribution >= 0.6 is 0 Å². The SMILES string of the molecule is CCCCOCCCCOc1cc2c(c(F)c1F)CC(c1ccc(CCCCCCCCCC3CC3)c(F)c1F)CC2. The average Bonchev–Trinajstić information content (AvgIpc) is 3.82. The lowest BCUT2D eigenvalue weighted by Crippen LogP contribution is -2.18.